The predicted molar refractivity (Wildman–Crippen MR) is 54.4 cm³/mol. The fraction of sp³-hybridized carbons (Fsp3) is 0.273. The Morgan fingerprint density at radius 1 is 1.36 bits per heavy atom. The van der Waals surface area contributed by atoms with Crippen molar-refractivity contribution in [3.63, 3.8) is 0 Å². The predicted octanol–water partition coefficient (Wildman–Crippen LogP) is 2.31. The molecule has 3 nitrogen and oxygen atoms in total. The monoisotopic (exact) mass is 191 g/mol. The van der Waals surface area contributed by atoms with E-state index in [0.717, 1.165) is 17.7 Å². The summed E-state index contributed by atoms with van der Waals surface area (Å²) in [5.74, 6) is 1.50. The lowest BCUT2D eigenvalue weighted by atomic mass is 10.2. The molecule has 0 fully saturated rings. The number of nitrogens with one attached hydrogen (secondary N) is 1. The van der Waals surface area contributed by atoms with Crippen LogP contribution in [0.4, 0.5) is 0 Å². The molecule has 0 spiro atoms. The number of hydrogen-bond acceptors (Lipinski definition) is 3. The van der Waals surface area contributed by atoms with Crippen molar-refractivity contribution in [2.45, 2.75) is 13.3 Å². The highest BCUT2D eigenvalue weighted by atomic mass is 16.7. The highest BCUT2D eigenvalue weighted by Gasteiger charge is 2.10. The average molecular weight is 191 g/mol. The van der Waals surface area contributed by atoms with Crippen molar-refractivity contribution < 1.29 is 9.57 Å². The van der Waals surface area contributed by atoms with Crippen molar-refractivity contribution in [1.29, 1.82) is 0 Å². The summed E-state index contributed by atoms with van der Waals surface area (Å²) >= 11 is 0. The standard InChI is InChI=1S/C11H13NO2/c1-2-7-13-11-8-9-5-3-4-6-10(9)14-12-11/h3-6,8,12H,2,7H2,1H3. The van der Waals surface area contributed by atoms with Crippen LogP contribution >= 0.6 is 0 Å². The average Bonchev–Trinajstić information content (AvgIpc) is 2.26. The van der Waals surface area contributed by atoms with Crippen LogP contribution in [0.1, 0.15) is 18.9 Å². The van der Waals surface area contributed by atoms with E-state index < -0.39 is 0 Å². The summed E-state index contributed by atoms with van der Waals surface area (Å²) in [5.41, 5.74) is 3.79. The zero-order chi connectivity index (χ0) is 9.80. The van der Waals surface area contributed by atoms with Gasteiger partial charge in [0.25, 0.3) is 0 Å². The molecule has 1 aliphatic heterocycles. The van der Waals surface area contributed by atoms with E-state index in [4.69, 9.17) is 9.57 Å². The largest absolute Gasteiger partial charge is 0.477 e. The van der Waals surface area contributed by atoms with Gasteiger partial charge in [-0.05, 0) is 12.5 Å². The molecule has 3 heteroatoms. The quantitative estimate of drug-likeness (QED) is 0.795. The third-order valence-corrected chi connectivity index (χ3v) is 1.93. The maximum Gasteiger partial charge on any atom is 0.221 e. The van der Waals surface area contributed by atoms with Crippen LogP contribution < -0.4 is 10.3 Å². The molecule has 1 aromatic carbocycles. The van der Waals surface area contributed by atoms with Crippen molar-refractivity contribution >= 4 is 6.08 Å². The van der Waals surface area contributed by atoms with Crippen LogP contribution in [-0.4, -0.2) is 6.61 Å². The molecule has 0 radical (unpaired) electrons. The second-order valence-electron chi connectivity index (χ2n) is 3.10. The molecule has 0 amide bonds. The number of ether oxygens (including phenoxy) is 1. The van der Waals surface area contributed by atoms with Crippen LogP contribution in [0.15, 0.2) is 30.1 Å². The lowest BCUT2D eigenvalue weighted by molar-refractivity contribution is 0.105. The Kier molecular flexibility index (Phi) is 2.58. The van der Waals surface area contributed by atoms with Gasteiger partial charge in [0.1, 0.15) is 0 Å². The van der Waals surface area contributed by atoms with E-state index in [9.17, 15) is 0 Å². The van der Waals surface area contributed by atoms with E-state index in [1.54, 1.807) is 0 Å². The Morgan fingerprint density at radius 2 is 2.21 bits per heavy atom. The molecule has 0 bridgehead atoms. The Hall–Kier alpha value is -1.64. The Morgan fingerprint density at radius 3 is 3.07 bits per heavy atom. The highest BCUT2D eigenvalue weighted by molar-refractivity contribution is 5.59. The number of rotatable bonds is 3. The molecular formula is C11H13NO2. The SMILES string of the molecule is CCCOC1=Cc2ccccc2ON1. The molecule has 1 aliphatic rings. The molecule has 14 heavy (non-hydrogen) atoms. The number of benzene rings is 1. The van der Waals surface area contributed by atoms with Gasteiger partial charge in [-0.25, -0.2) is 0 Å². The third kappa shape index (κ3) is 1.82. The van der Waals surface area contributed by atoms with Crippen LogP contribution in [0.3, 0.4) is 0 Å². The first-order chi connectivity index (χ1) is 6.90. The Bertz CT molecular complexity index is 347. The smallest absolute Gasteiger partial charge is 0.221 e. The maximum atomic E-state index is 5.41. The zero-order valence-electron chi connectivity index (χ0n) is 8.12. The second kappa shape index (κ2) is 4.05. The van der Waals surface area contributed by atoms with Gasteiger partial charge in [-0.2, -0.15) is 5.48 Å². The van der Waals surface area contributed by atoms with Gasteiger partial charge in [-0.1, -0.05) is 25.1 Å². The van der Waals surface area contributed by atoms with Crippen LogP contribution in [0.25, 0.3) is 6.08 Å². The van der Waals surface area contributed by atoms with Gasteiger partial charge in [0.2, 0.25) is 5.88 Å². The molecule has 0 unspecified atom stereocenters. The van der Waals surface area contributed by atoms with Gasteiger partial charge in [0.15, 0.2) is 5.75 Å². The third-order valence-electron chi connectivity index (χ3n) is 1.93. The van der Waals surface area contributed by atoms with Crippen molar-refractivity contribution in [3.8, 4) is 5.75 Å². The normalized spacial score (nSPS) is 13.4. The number of hydrogen-bond donors (Lipinski definition) is 1. The molecule has 1 aromatic rings. The van der Waals surface area contributed by atoms with E-state index in [1.165, 1.54) is 0 Å². The minimum absolute atomic E-state index is 0.672. The topological polar surface area (TPSA) is 30.5 Å². The molecule has 0 saturated heterocycles. The Balaban J connectivity index is 2.14. The Labute approximate surface area is 83.3 Å². The minimum Gasteiger partial charge on any atom is -0.477 e. The van der Waals surface area contributed by atoms with Crippen molar-refractivity contribution in [3.05, 3.63) is 35.7 Å². The van der Waals surface area contributed by atoms with E-state index >= 15 is 0 Å². The lowest BCUT2D eigenvalue weighted by Crippen LogP contribution is -2.23. The molecule has 1 N–H and O–H groups in total. The first-order valence-electron chi connectivity index (χ1n) is 4.76. The summed E-state index contributed by atoms with van der Waals surface area (Å²) in [5, 5.41) is 0. The molecule has 74 valence electrons. The summed E-state index contributed by atoms with van der Waals surface area (Å²) in [6.45, 7) is 2.77. The van der Waals surface area contributed by atoms with Crippen LogP contribution in [0.5, 0.6) is 5.75 Å². The second-order valence-corrected chi connectivity index (χ2v) is 3.10. The van der Waals surface area contributed by atoms with Crippen molar-refractivity contribution in [2.75, 3.05) is 6.61 Å². The molecule has 0 aliphatic carbocycles. The van der Waals surface area contributed by atoms with E-state index in [-0.39, 0.29) is 0 Å². The first kappa shape index (κ1) is 8.94. The summed E-state index contributed by atoms with van der Waals surface area (Å²) in [4.78, 5) is 5.29. The summed E-state index contributed by atoms with van der Waals surface area (Å²) in [6, 6.07) is 7.81. The van der Waals surface area contributed by atoms with Crippen LogP contribution in [0.2, 0.25) is 0 Å². The number of para-hydroxylation sites is 1. The van der Waals surface area contributed by atoms with E-state index in [1.807, 2.05) is 30.3 Å². The molecule has 0 aromatic heterocycles. The molecule has 0 atom stereocenters. The fourth-order valence-corrected chi connectivity index (χ4v) is 1.25. The molecule has 0 saturated carbocycles. The molecule has 2 rings (SSSR count). The van der Waals surface area contributed by atoms with Gasteiger partial charge in [0.05, 0.1) is 6.61 Å². The van der Waals surface area contributed by atoms with Crippen LogP contribution in [0, 0.1) is 0 Å². The summed E-state index contributed by atoms with van der Waals surface area (Å²) < 4.78 is 5.41. The minimum atomic E-state index is 0.672. The highest BCUT2D eigenvalue weighted by Crippen LogP contribution is 2.23. The summed E-state index contributed by atoms with van der Waals surface area (Å²) in [6.07, 6.45) is 2.93. The van der Waals surface area contributed by atoms with Gasteiger partial charge >= 0.3 is 0 Å². The van der Waals surface area contributed by atoms with Crippen molar-refractivity contribution in [2.24, 2.45) is 0 Å². The van der Waals surface area contributed by atoms with Crippen molar-refractivity contribution in [1.82, 2.24) is 5.48 Å². The van der Waals surface area contributed by atoms with Gasteiger partial charge in [-0.3, -0.25) is 0 Å². The van der Waals surface area contributed by atoms with Crippen LogP contribution in [-0.2, 0) is 4.74 Å². The van der Waals surface area contributed by atoms with Gasteiger partial charge in [0, 0.05) is 11.6 Å². The number of hydroxylamine groups is 1. The van der Waals surface area contributed by atoms with E-state index in [2.05, 4.69) is 12.4 Å². The lowest BCUT2D eigenvalue weighted by Gasteiger charge is -2.18. The maximum absolute atomic E-state index is 5.41. The molecular weight excluding hydrogens is 178 g/mol. The van der Waals surface area contributed by atoms with Gasteiger partial charge in [-0.15, -0.1) is 0 Å². The zero-order valence-corrected chi connectivity index (χ0v) is 8.12. The number of fused-ring (bicyclic) bond motifs is 1. The fourth-order valence-electron chi connectivity index (χ4n) is 1.25. The van der Waals surface area contributed by atoms with Gasteiger partial charge < -0.3 is 9.57 Å². The summed E-state index contributed by atoms with van der Waals surface area (Å²) in [7, 11) is 0. The van der Waals surface area contributed by atoms with E-state index in [0.29, 0.717) is 12.5 Å². The first-order valence-corrected chi connectivity index (χ1v) is 4.76. The molecule has 1 heterocycles.